The molecule has 0 spiro atoms. The van der Waals surface area contributed by atoms with Crippen LogP contribution in [0.3, 0.4) is 0 Å². The third-order valence-electron chi connectivity index (χ3n) is 3.94. The lowest BCUT2D eigenvalue weighted by Crippen LogP contribution is -2.12. The number of amides is 2. The van der Waals surface area contributed by atoms with Crippen molar-refractivity contribution in [1.82, 2.24) is 0 Å². The quantitative estimate of drug-likeness (QED) is 0.832. The van der Waals surface area contributed by atoms with Crippen molar-refractivity contribution in [3.8, 4) is 0 Å². The molecule has 1 heterocycles. The minimum absolute atomic E-state index is 0.302. The maximum absolute atomic E-state index is 11.9. The van der Waals surface area contributed by atoms with E-state index in [2.05, 4.69) is 12.2 Å². The highest BCUT2D eigenvalue weighted by Crippen LogP contribution is 2.47. The maximum Gasteiger partial charge on any atom is 0.248 e. The van der Waals surface area contributed by atoms with Crippen molar-refractivity contribution < 1.29 is 14.0 Å². The van der Waals surface area contributed by atoms with E-state index in [9.17, 15) is 9.59 Å². The molecule has 2 amide bonds. The molecular formula is C18H18N2O3. The molecule has 0 radical (unpaired) electrons. The summed E-state index contributed by atoms with van der Waals surface area (Å²) in [5.74, 6) is 1.99. The second-order valence-corrected chi connectivity index (χ2v) is 5.83. The molecule has 0 saturated heterocycles. The van der Waals surface area contributed by atoms with Gasteiger partial charge in [0, 0.05) is 23.2 Å². The zero-order valence-corrected chi connectivity index (χ0v) is 12.8. The minimum Gasteiger partial charge on any atom is -0.461 e. The van der Waals surface area contributed by atoms with Crippen molar-refractivity contribution in [2.45, 2.75) is 19.3 Å². The molecule has 0 aliphatic heterocycles. The largest absolute Gasteiger partial charge is 0.461 e. The van der Waals surface area contributed by atoms with Crippen LogP contribution in [0.1, 0.15) is 41.1 Å². The third kappa shape index (κ3) is 3.69. The average molecular weight is 310 g/mol. The van der Waals surface area contributed by atoms with Gasteiger partial charge in [-0.2, -0.15) is 0 Å². The number of nitrogens with one attached hydrogen (secondary N) is 1. The van der Waals surface area contributed by atoms with Crippen LogP contribution in [-0.2, 0) is 4.79 Å². The van der Waals surface area contributed by atoms with Crippen molar-refractivity contribution in [1.29, 1.82) is 0 Å². The van der Waals surface area contributed by atoms with Crippen LogP contribution in [0, 0.1) is 5.92 Å². The Morgan fingerprint density at radius 3 is 2.78 bits per heavy atom. The molecule has 1 fully saturated rings. The molecule has 3 rings (SSSR count). The Hall–Kier alpha value is -2.82. The van der Waals surface area contributed by atoms with E-state index in [1.54, 1.807) is 24.3 Å². The number of hydrogen-bond acceptors (Lipinski definition) is 3. The molecule has 0 bridgehead atoms. The first-order valence-electron chi connectivity index (χ1n) is 7.51. The number of hydrogen-bond donors (Lipinski definition) is 2. The van der Waals surface area contributed by atoms with Gasteiger partial charge in [0.15, 0.2) is 0 Å². The van der Waals surface area contributed by atoms with E-state index in [1.807, 2.05) is 12.1 Å². The zero-order valence-electron chi connectivity index (χ0n) is 12.8. The van der Waals surface area contributed by atoms with Crippen LogP contribution >= 0.6 is 0 Å². The highest BCUT2D eigenvalue weighted by atomic mass is 16.3. The Labute approximate surface area is 134 Å². The summed E-state index contributed by atoms with van der Waals surface area (Å²) in [6.45, 7) is 2.19. The molecule has 5 nitrogen and oxygen atoms in total. The second-order valence-electron chi connectivity index (χ2n) is 5.83. The highest BCUT2D eigenvalue weighted by molar-refractivity contribution is 6.02. The first-order valence-corrected chi connectivity index (χ1v) is 7.51. The Balaban J connectivity index is 1.61. The molecule has 0 unspecified atom stereocenters. The van der Waals surface area contributed by atoms with Gasteiger partial charge >= 0.3 is 0 Å². The summed E-state index contributed by atoms with van der Waals surface area (Å²) < 4.78 is 5.70. The number of primary amides is 1. The molecule has 1 aliphatic rings. The molecule has 2 aromatic rings. The predicted molar refractivity (Wildman–Crippen MR) is 87.9 cm³/mol. The molecule has 23 heavy (non-hydrogen) atoms. The summed E-state index contributed by atoms with van der Waals surface area (Å²) in [6.07, 6.45) is 4.19. The van der Waals surface area contributed by atoms with Crippen LogP contribution in [0.2, 0.25) is 0 Å². The van der Waals surface area contributed by atoms with Gasteiger partial charge in [0.2, 0.25) is 11.8 Å². The third-order valence-corrected chi connectivity index (χ3v) is 3.94. The summed E-state index contributed by atoms with van der Waals surface area (Å²) in [7, 11) is 0. The summed E-state index contributed by atoms with van der Waals surface area (Å²) >= 11 is 0. The van der Waals surface area contributed by atoms with Gasteiger partial charge < -0.3 is 15.5 Å². The van der Waals surface area contributed by atoms with Gasteiger partial charge in [0.05, 0.1) is 0 Å². The lowest BCUT2D eigenvalue weighted by Gasteiger charge is -2.03. The van der Waals surface area contributed by atoms with Gasteiger partial charge in [-0.25, -0.2) is 0 Å². The van der Waals surface area contributed by atoms with Crippen molar-refractivity contribution in [2.24, 2.45) is 11.7 Å². The van der Waals surface area contributed by atoms with Crippen LogP contribution in [0.5, 0.6) is 0 Å². The highest BCUT2D eigenvalue weighted by Gasteiger charge is 2.36. The van der Waals surface area contributed by atoms with E-state index >= 15 is 0 Å². The fourth-order valence-corrected chi connectivity index (χ4v) is 2.47. The standard InChI is InChI=1S/C18H18N2O3/c1-11-9-15(11)16-7-5-14(23-16)6-8-17(21)20-13-4-2-3-12(10-13)18(19)22/h2-8,10-11,15H,9H2,1H3,(H2,19,22)(H,20,21)/b8-6+/t11-,15-/m1/s1. The molecule has 1 aliphatic carbocycles. The number of rotatable bonds is 5. The molecule has 3 N–H and O–H groups in total. The lowest BCUT2D eigenvalue weighted by molar-refractivity contribution is -0.111. The Bertz CT molecular complexity index is 776. The van der Waals surface area contributed by atoms with E-state index in [0.717, 1.165) is 12.2 Å². The fraction of sp³-hybridized carbons (Fsp3) is 0.222. The van der Waals surface area contributed by atoms with Crippen LogP contribution in [0.4, 0.5) is 5.69 Å². The monoisotopic (exact) mass is 310 g/mol. The van der Waals surface area contributed by atoms with Crippen molar-refractivity contribution in [3.05, 3.63) is 59.6 Å². The van der Waals surface area contributed by atoms with Gasteiger partial charge in [-0.15, -0.1) is 0 Å². The number of furan rings is 1. The summed E-state index contributed by atoms with van der Waals surface area (Å²) in [4.78, 5) is 23.0. The molecular weight excluding hydrogens is 292 g/mol. The van der Waals surface area contributed by atoms with Gasteiger partial charge in [-0.3, -0.25) is 9.59 Å². The fourth-order valence-electron chi connectivity index (χ4n) is 2.47. The van der Waals surface area contributed by atoms with E-state index in [0.29, 0.717) is 28.8 Å². The van der Waals surface area contributed by atoms with E-state index < -0.39 is 5.91 Å². The SMILES string of the molecule is C[C@@H]1C[C@H]1c1ccc(/C=C/C(=O)Nc2cccc(C(N)=O)c2)o1. The maximum atomic E-state index is 11.9. The van der Waals surface area contributed by atoms with Crippen LogP contribution in [0.25, 0.3) is 6.08 Å². The molecule has 2 atom stereocenters. The van der Waals surface area contributed by atoms with Crippen molar-refractivity contribution >= 4 is 23.6 Å². The topological polar surface area (TPSA) is 85.3 Å². The molecule has 5 heteroatoms. The molecule has 1 saturated carbocycles. The van der Waals surface area contributed by atoms with E-state index in [-0.39, 0.29) is 5.91 Å². The number of anilines is 1. The van der Waals surface area contributed by atoms with Gasteiger partial charge in [-0.05, 0) is 48.7 Å². The normalized spacial score (nSPS) is 19.7. The second kappa shape index (κ2) is 6.12. The first kappa shape index (κ1) is 15.1. The first-order chi connectivity index (χ1) is 11.0. The summed E-state index contributed by atoms with van der Waals surface area (Å²) in [6, 6.07) is 10.3. The minimum atomic E-state index is -0.533. The summed E-state index contributed by atoms with van der Waals surface area (Å²) in [5, 5.41) is 2.68. The molecule has 1 aromatic carbocycles. The summed E-state index contributed by atoms with van der Waals surface area (Å²) in [5.41, 5.74) is 6.08. The number of nitrogens with two attached hydrogens (primary N) is 1. The Morgan fingerprint density at radius 1 is 1.30 bits per heavy atom. The number of carbonyl (C=O) groups is 2. The Kier molecular flexibility index (Phi) is 4.02. The van der Waals surface area contributed by atoms with Gasteiger partial charge in [0.25, 0.3) is 0 Å². The van der Waals surface area contributed by atoms with Crippen LogP contribution in [0.15, 0.2) is 46.9 Å². The number of carbonyl (C=O) groups excluding carboxylic acids is 2. The average Bonchev–Trinajstić information content (AvgIpc) is 3.07. The van der Waals surface area contributed by atoms with Crippen LogP contribution < -0.4 is 11.1 Å². The van der Waals surface area contributed by atoms with Crippen molar-refractivity contribution in [2.75, 3.05) is 5.32 Å². The lowest BCUT2D eigenvalue weighted by atomic mass is 10.2. The van der Waals surface area contributed by atoms with Crippen LogP contribution in [-0.4, -0.2) is 11.8 Å². The molecule has 1 aromatic heterocycles. The van der Waals surface area contributed by atoms with Gasteiger partial charge in [0.1, 0.15) is 11.5 Å². The van der Waals surface area contributed by atoms with E-state index in [4.69, 9.17) is 10.2 Å². The number of benzene rings is 1. The zero-order chi connectivity index (χ0) is 16.4. The Morgan fingerprint density at radius 2 is 2.09 bits per heavy atom. The van der Waals surface area contributed by atoms with E-state index in [1.165, 1.54) is 12.1 Å². The van der Waals surface area contributed by atoms with Crippen molar-refractivity contribution in [3.63, 3.8) is 0 Å². The predicted octanol–water partition coefficient (Wildman–Crippen LogP) is 3.15. The smallest absolute Gasteiger partial charge is 0.248 e. The van der Waals surface area contributed by atoms with Gasteiger partial charge in [-0.1, -0.05) is 13.0 Å². The molecule has 118 valence electrons.